The van der Waals surface area contributed by atoms with Gasteiger partial charge in [0, 0.05) is 4.88 Å². The molecule has 1 aliphatic carbocycles. The third-order valence-electron chi connectivity index (χ3n) is 5.20. The van der Waals surface area contributed by atoms with Crippen molar-refractivity contribution in [3.63, 3.8) is 0 Å². The van der Waals surface area contributed by atoms with E-state index in [0.717, 1.165) is 16.2 Å². The molecule has 158 valence electrons. The van der Waals surface area contributed by atoms with Crippen LogP contribution in [0.5, 0.6) is 0 Å². The van der Waals surface area contributed by atoms with Crippen LogP contribution in [0.3, 0.4) is 0 Å². The van der Waals surface area contributed by atoms with Crippen LogP contribution < -0.4 is 10.5 Å². The third-order valence-corrected chi connectivity index (χ3v) is 7.73. The Kier molecular flexibility index (Phi) is 6.25. The molecule has 3 amide bonds. The maximum absolute atomic E-state index is 12.9. The number of sulfonamides is 1. The summed E-state index contributed by atoms with van der Waals surface area (Å²) in [5, 5.41) is 7.85. The number of hydrogen-bond acceptors (Lipinski definition) is 6. The summed E-state index contributed by atoms with van der Waals surface area (Å²) in [5.41, 5.74) is 0. The molecule has 1 aromatic heterocycles. The molecule has 0 bridgehead atoms. The number of nitrogens with two attached hydrogens (primary N) is 1. The lowest BCUT2D eigenvalue weighted by Crippen LogP contribution is -2.50. The molecule has 3 rings (SSSR count). The van der Waals surface area contributed by atoms with Gasteiger partial charge >= 0.3 is 0 Å². The molecule has 1 aromatic rings. The van der Waals surface area contributed by atoms with Crippen molar-refractivity contribution in [3.8, 4) is 0 Å². The lowest BCUT2D eigenvalue weighted by molar-refractivity contribution is -0.148. The molecule has 1 aliphatic heterocycles. The van der Waals surface area contributed by atoms with Crippen molar-refractivity contribution in [1.82, 2.24) is 10.2 Å². The minimum absolute atomic E-state index is 0.0157. The fourth-order valence-corrected chi connectivity index (χ4v) is 5.53. The first-order chi connectivity index (χ1) is 13.6. The molecule has 0 spiro atoms. The van der Waals surface area contributed by atoms with Crippen LogP contribution in [0, 0.1) is 17.8 Å². The summed E-state index contributed by atoms with van der Waals surface area (Å²) in [6.07, 6.45) is 5.23. The van der Waals surface area contributed by atoms with E-state index in [1.165, 1.54) is 6.07 Å². The molecule has 29 heavy (non-hydrogen) atoms. The van der Waals surface area contributed by atoms with Gasteiger partial charge < -0.3 is 5.32 Å². The van der Waals surface area contributed by atoms with E-state index in [1.54, 1.807) is 6.07 Å². The Labute approximate surface area is 174 Å². The van der Waals surface area contributed by atoms with Crippen molar-refractivity contribution in [3.05, 3.63) is 29.2 Å². The molecule has 2 aliphatic rings. The summed E-state index contributed by atoms with van der Waals surface area (Å²) in [7, 11) is -3.79. The highest BCUT2D eigenvalue weighted by Crippen LogP contribution is 2.37. The number of carbonyl (C=O) groups is 3. The molecule has 1 saturated heterocycles. The van der Waals surface area contributed by atoms with Gasteiger partial charge in [0.2, 0.25) is 27.7 Å². The highest BCUT2D eigenvalue weighted by Gasteiger charge is 2.51. The number of nitrogens with one attached hydrogen (secondary N) is 1. The topological polar surface area (TPSA) is 127 Å². The van der Waals surface area contributed by atoms with Crippen molar-refractivity contribution in [2.45, 2.75) is 49.9 Å². The van der Waals surface area contributed by atoms with Gasteiger partial charge in [-0.25, -0.2) is 13.6 Å². The Morgan fingerprint density at radius 3 is 2.28 bits per heavy atom. The van der Waals surface area contributed by atoms with Crippen LogP contribution in [0.2, 0.25) is 0 Å². The Morgan fingerprint density at radius 1 is 1.21 bits per heavy atom. The van der Waals surface area contributed by atoms with Gasteiger partial charge in [-0.3, -0.25) is 19.3 Å². The molecular weight excluding hydrogens is 414 g/mol. The zero-order valence-corrected chi connectivity index (χ0v) is 18.0. The second kappa shape index (κ2) is 8.37. The minimum atomic E-state index is -3.79. The number of allylic oxidation sites excluding steroid dienone is 2. The zero-order valence-electron chi connectivity index (χ0n) is 16.3. The van der Waals surface area contributed by atoms with Crippen molar-refractivity contribution >= 4 is 39.1 Å². The molecular formula is C19H25N3O5S2. The summed E-state index contributed by atoms with van der Waals surface area (Å²) in [6, 6.07) is 2.09. The van der Waals surface area contributed by atoms with Gasteiger partial charge in [-0.15, -0.1) is 11.3 Å². The Balaban J connectivity index is 1.74. The standard InChI is InChI=1S/C19H25N3O5S2/c1-11(2)9-15(22-18(24)13-5-3-4-6-14(13)19(22)25)17(23)21-10-12-7-8-16(28-12)29(20,26)27/h3-4,7-8,11,13-15H,5-6,9-10H2,1-2H3,(H,21,23)(H2,20,26,27). The van der Waals surface area contributed by atoms with Crippen molar-refractivity contribution in [2.75, 3.05) is 0 Å². The van der Waals surface area contributed by atoms with Crippen LogP contribution in [0.4, 0.5) is 0 Å². The molecule has 3 N–H and O–H groups in total. The highest BCUT2D eigenvalue weighted by atomic mass is 32.2. The summed E-state index contributed by atoms with van der Waals surface area (Å²) < 4.78 is 22.8. The first kappa shape index (κ1) is 21.7. The van der Waals surface area contributed by atoms with Gasteiger partial charge in [-0.1, -0.05) is 26.0 Å². The van der Waals surface area contributed by atoms with Crippen LogP contribution in [0.1, 0.15) is 38.0 Å². The van der Waals surface area contributed by atoms with E-state index in [-0.39, 0.29) is 40.3 Å². The van der Waals surface area contributed by atoms with E-state index in [2.05, 4.69) is 5.32 Å². The second-order valence-corrected chi connectivity index (χ2v) is 10.8. The fourth-order valence-electron chi connectivity index (χ4n) is 3.81. The second-order valence-electron chi connectivity index (χ2n) is 7.83. The molecule has 0 radical (unpaired) electrons. The van der Waals surface area contributed by atoms with E-state index >= 15 is 0 Å². The highest BCUT2D eigenvalue weighted by molar-refractivity contribution is 7.91. The van der Waals surface area contributed by atoms with E-state index in [0.29, 0.717) is 24.1 Å². The summed E-state index contributed by atoms with van der Waals surface area (Å²) in [5.74, 6) is -1.65. The van der Waals surface area contributed by atoms with Crippen molar-refractivity contribution in [1.29, 1.82) is 0 Å². The van der Waals surface area contributed by atoms with Crippen LogP contribution >= 0.6 is 11.3 Å². The van der Waals surface area contributed by atoms with Gasteiger partial charge in [0.05, 0.1) is 18.4 Å². The average Bonchev–Trinajstić information content (AvgIpc) is 3.22. The zero-order chi connectivity index (χ0) is 21.3. The number of likely N-dealkylation sites (tertiary alicyclic amines) is 1. The van der Waals surface area contributed by atoms with E-state index < -0.39 is 22.0 Å². The number of amides is 3. The monoisotopic (exact) mass is 439 g/mol. The number of primary sulfonamides is 1. The molecule has 10 heteroatoms. The van der Waals surface area contributed by atoms with E-state index in [4.69, 9.17) is 5.14 Å². The normalized spacial score (nSPS) is 22.8. The number of fused-ring (bicyclic) bond motifs is 1. The fraction of sp³-hybridized carbons (Fsp3) is 0.526. The maximum Gasteiger partial charge on any atom is 0.247 e. The van der Waals surface area contributed by atoms with Gasteiger partial charge in [0.25, 0.3) is 0 Å². The minimum Gasteiger partial charge on any atom is -0.349 e. The molecule has 0 aromatic carbocycles. The number of imide groups is 1. The first-order valence-corrected chi connectivity index (χ1v) is 11.9. The average molecular weight is 440 g/mol. The van der Waals surface area contributed by atoms with Crippen LogP contribution in [0.15, 0.2) is 28.5 Å². The summed E-state index contributed by atoms with van der Waals surface area (Å²) >= 11 is 0.974. The summed E-state index contributed by atoms with van der Waals surface area (Å²) in [4.78, 5) is 40.5. The number of hydrogen-bond donors (Lipinski definition) is 2. The Bertz CT molecular complexity index is 925. The van der Waals surface area contributed by atoms with Crippen molar-refractivity contribution < 1.29 is 22.8 Å². The lowest BCUT2D eigenvalue weighted by atomic mass is 9.85. The predicted molar refractivity (Wildman–Crippen MR) is 108 cm³/mol. The number of rotatable bonds is 7. The largest absolute Gasteiger partial charge is 0.349 e. The van der Waals surface area contributed by atoms with Crippen molar-refractivity contribution in [2.24, 2.45) is 22.9 Å². The molecule has 3 atom stereocenters. The first-order valence-electron chi connectivity index (χ1n) is 9.50. The van der Waals surface area contributed by atoms with Crippen LogP contribution in [-0.4, -0.2) is 37.1 Å². The van der Waals surface area contributed by atoms with Crippen LogP contribution in [0.25, 0.3) is 0 Å². The lowest BCUT2D eigenvalue weighted by Gasteiger charge is -2.27. The van der Waals surface area contributed by atoms with Gasteiger partial charge in [0.1, 0.15) is 10.3 Å². The quantitative estimate of drug-likeness (QED) is 0.490. The third kappa shape index (κ3) is 4.59. The molecule has 0 saturated carbocycles. The van der Waals surface area contributed by atoms with Crippen LogP contribution in [-0.2, 0) is 31.0 Å². The number of nitrogens with zero attached hydrogens (tertiary/aromatic N) is 1. The SMILES string of the molecule is CC(C)CC(C(=O)NCc1ccc(S(N)(=O)=O)s1)N1C(=O)C2CC=CCC2C1=O. The molecule has 8 nitrogen and oxygen atoms in total. The van der Waals surface area contributed by atoms with Gasteiger partial charge in [0.15, 0.2) is 0 Å². The summed E-state index contributed by atoms with van der Waals surface area (Å²) in [6.45, 7) is 3.95. The smallest absolute Gasteiger partial charge is 0.247 e. The number of thiophene rings is 1. The predicted octanol–water partition coefficient (Wildman–Crippen LogP) is 1.38. The molecule has 3 unspecified atom stereocenters. The molecule has 2 heterocycles. The Morgan fingerprint density at radius 2 is 1.79 bits per heavy atom. The van der Waals surface area contributed by atoms with E-state index in [9.17, 15) is 22.8 Å². The van der Waals surface area contributed by atoms with Gasteiger partial charge in [-0.2, -0.15) is 0 Å². The number of carbonyl (C=O) groups excluding carboxylic acids is 3. The Hall–Kier alpha value is -2.04. The molecule has 1 fully saturated rings. The van der Waals surface area contributed by atoms with Gasteiger partial charge in [-0.05, 0) is 37.3 Å². The maximum atomic E-state index is 12.9. The van der Waals surface area contributed by atoms with E-state index in [1.807, 2.05) is 26.0 Å².